The second kappa shape index (κ2) is 7.49. The number of methoxy groups -OCH3 is 2. The van der Waals surface area contributed by atoms with Crippen LogP contribution in [0.3, 0.4) is 0 Å². The van der Waals surface area contributed by atoms with Gasteiger partial charge in [0.05, 0.1) is 30.7 Å². The fourth-order valence-electron chi connectivity index (χ4n) is 2.65. The van der Waals surface area contributed by atoms with Crippen LogP contribution in [0.5, 0.6) is 0 Å². The van der Waals surface area contributed by atoms with Gasteiger partial charge in [0, 0.05) is 24.0 Å². The van der Waals surface area contributed by atoms with Gasteiger partial charge in [0.1, 0.15) is 5.92 Å². The molecule has 2 unspecified atom stereocenters. The van der Waals surface area contributed by atoms with E-state index in [-0.39, 0.29) is 6.61 Å². The van der Waals surface area contributed by atoms with Gasteiger partial charge >= 0.3 is 5.97 Å². The van der Waals surface area contributed by atoms with Gasteiger partial charge in [0.15, 0.2) is 0 Å². The van der Waals surface area contributed by atoms with E-state index < -0.39 is 17.9 Å². The van der Waals surface area contributed by atoms with E-state index in [2.05, 4.69) is 30.8 Å². The van der Waals surface area contributed by atoms with E-state index in [4.69, 9.17) is 16.0 Å². The van der Waals surface area contributed by atoms with Crippen molar-refractivity contribution in [3.8, 4) is 0 Å². The topological polar surface area (TPSA) is 65.1 Å². The van der Waals surface area contributed by atoms with Crippen molar-refractivity contribution in [2.24, 2.45) is 4.99 Å². The number of pyridine rings is 1. The second-order valence-electron chi connectivity index (χ2n) is 4.99. The molecule has 0 fully saturated rings. The molecule has 0 saturated heterocycles. The average molecular weight is 378 g/mol. The minimum atomic E-state index is -0.580. The quantitative estimate of drug-likeness (QED) is 0.597. The molecule has 0 aliphatic carbocycles. The highest BCUT2D eigenvalue weighted by Crippen LogP contribution is 2.39. The van der Waals surface area contributed by atoms with Gasteiger partial charge in [0.25, 0.3) is 6.04 Å². The van der Waals surface area contributed by atoms with Crippen LogP contribution in [-0.4, -0.2) is 43.5 Å². The lowest BCUT2D eigenvalue weighted by atomic mass is 9.80. The molecular formula is C16H16BrN3O3. The minimum Gasteiger partial charge on any atom is -0.466 e. The molecule has 23 heavy (non-hydrogen) atoms. The molecule has 0 aromatic carbocycles. The first kappa shape index (κ1) is 17.3. The van der Waals surface area contributed by atoms with Gasteiger partial charge < -0.3 is 14.3 Å². The van der Waals surface area contributed by atoms with E-state index >= 15 is 0 Å². The van der Waals surface area contributed by atoms with Crippen LogP contribution in [0, 0.1) is 6.57 Å². The molecule has 1 aliphatic heterocycles. The van der Waals surface area contributed by atoms with Crippen LogP contribution >= 0.6 is 15.9 Å². The summed E-state index contributed by atoms with van der Waals surface area (Å²) in [5.74, 6) is -0.990. The third-order valence-corrected chi connectivity index (χ3v) is 4.30. The van der Waals surface area contributed by atoms with E-state index in [0.29, 0.717) is 17.0 Å². The Hall–Kier alpha value is -2.04. The zero-order valence-electron chi connectivity index (χ0n) is 13.0. The highest BCUT2D eigenvalue weighted by Gasteiger charge is 2.43. The molecule has 0 radical (unpaired) electrons. The number of halogens is 1. The van der Waals surface area contributed by atoms with Crippen molar-refractivity contribution in [2.45, 2.75) is 18.9 Å². The Morgan fingerprint density at radius 2 is 2.22 bits per heavy atom. The third-order valence-electron chi connectivity index (χ3n) is 3.64. The Bertz CT molecular complexity index is 722. The van der Waals surface area contributed by atoms with Crippen LogP contribution in [-0.2, 0) is 14.3 Å². The molecule has 0 amide bonds. The first-order valence-corrected chi connectivity index (χ1v) is 7.65. The van der Waals surface area contributed by atoms with Crippen molar-refractivity contribution in [2.75, 3.05) is 20.8 Å². The molecule has 6 nitrogen and oxygen atoms in total. The van der Waals surface area contributed by atoms with Crippen LogP contribution in [0.4, 0.5) is 0 Å². The maximum atomic E-state index is 12.4. The largest absolute Gasteiger partial charge is 0.466 e. The molecule has 0 N–H and O–H groups in total. The molecule has 1 aliphatic rings. The predicted octanol–water partition coefficient (Wildman–Crippen LogP) is 2.76. The first-order chi connectivity index (χ1) is 11.0. The summed E-state index contributed by atoms with van der Waals surface area (Å²) in [7, 11) is 2.85. The maximum absolute atomic E-state index is 12.4. The number of carbonyl (C=O) groups excluding carboxylic acids is 1. The molecule has 1 aromatic heterocycles. The zero-order valence-corrected chi connectivity index (χ0v) is 14.6. The summed E-state index contributed by atoms with van der Waals surface area (Å²) < 4.78 is 10.8. The van der Waals surface area contributed by atoms with Crippen LogP contribution in [0.15, 0.2) is 39.2 Å². The monoisotopic (exact) mass is 377 g/mol. The molecule has 0 spiro atoms. The molecule has 2 heterocycles. The van der Waals surface area contributed by atoms with Crippen molar-refractivity contribution in [3.63, 3.8) is 0 Å². The van der Waals surface area contributed by atoms with Gasteiger partial charge in [-0.3, -0.25) is 9.98 Å². The number of nitrogens with zero attached hydrogens (tertiary/aromatic N) is 3. The molecule has 0 saturated carbocycles. The zero-order chi connectivity index (χ0) is 17.0. The summed E-state index contributed by atoms with van der Waals surface area (Å²) in [5.41, 5.74) is 2.29. The van der Waals surface area contributed by atoms with E-state index in [1.54, 1.807) is 25.4 Å². The number of hydrogen-bond donors (Lipinski definition) is 0. The Morgan fingerprint density at radius 3 is 2.78 bits per heavy atom. The van der Waals surface area contributed by atoms with E-state index in [1.807, 2.05) is 0 Å². The van der Waals surface area contributed by atoms with Crippen molar-refractivity contribution < 1.29 is 14.3 Å². The number of esters is 1. The number of aliphatic imine (C=N–C) groups is 1. The highest BCUT2D eigenvalue weighted by atomic mass is 79.9. The fraction of sp³-hybridized carbons (Fsp3) is 0.375. The summed E-state index contributed by atoms with van der Waals surface area (Å²) in [5, 5.41) is 0. The van der Waals surface area contributed by atoms with Crippen LogP contribution in [0.2, 0.25) is 0 Å². The Kier molecular flexibility index (Phi) is 5.64. The van der Waals surface area contributed by atoms with Gasteiger partial charge in [-0.15, -0.1) is 0 Å². The van der Waals surface area contributed by atoms with Crippen molar-refractivity contribution >= 4 is 27.6 Å². The van der Waals surface area contributed by atoms with Crippen molar-refractivity contribution in [1.82, 2.24) is 4.98 Å². The van der Waals surface area contributed by atoms with Gasteiger partial charge in [-0.2, -0.15) is 0 Å². The molecule has 120 valence electrons. The standard InChI is InChI=1S/C16H16BrN3O3/c1-9-15(18-2)13(10-5-6-19-7-11(10)17)14(16(21)23-4)12(20-9)8-22-3/h5-7,13,15H,8H2,1,3-4H3. The van der Waals surface area contributed by atoms with E-state index in [9.17, 15) is 4.79 Å². The Labute approximate surface area is 143 Å². The van der Waals surface area contributed by atoms with Gasteiger partial charge in [0.2, 0.25) is 0 Å². The Morgan fingerprint density at radius 1 is 1.48 bits per heavy atom. The first-order valence-electron chi connectivity index (χ1n) is 6.86. The maximum Gasteiger partial charge on any atom is 0.336 e. The smallest absolute Gasteiger partial charge is 0.336 e. The molecule has 7 heteroatoms. The molecule has 0 bridgehead atoms. The van der Waals surface area contributed by atoms with Crippen LogP contribution in [0.1, 0.15) is 18.4 Å². The highest BCUT2D eigenvalue weighted by molar-refractivity contribution is 9.10. The summed E-state index contributed by atoms with van der Waals surface area (Å²) in [6, 6.07) is 1.21. The lowest BCUT2D eigenvalue weighted by Crippen LogP contribution is -2.33. The average Bonchev–Trinajstić information content (AvgIpc) is 2.54. The van der Waals surface area contributed by atoms with Gasteiger partial charge in [-0.1, -0.05) is 0 Å². The number of carbonyl (C=O) groups is 1. The lowest BCUT2D eigenvalue weighted by molar-refractivity contribution is -0.136. The summed E-state index contributed by atoms with van der Waals surface area (Å²) in [6.45, 7) is 9.50. The fourth-order valence-corrected chi connectivity index (χ4v) is 3.15. The number of aromatic nitrogens is 1. The summed E-state index contributed by atoms with van der Waals surface area (Å²) in [4.78, 5) is 24.5. The number of hydrogen-bond acceptors (Lipinski definition) is 5. The van der Waals surface area contributed by atoms with Crippen LogP contribution in [0.25, 0.3) is 4.85 Å². The SMILES string of the molecule is [C-]#[N+]C1C(C)=NC(COC)=C(C(=O)OC)C1c1ccncc1Br. The second-order valence-corrected chi connectivity index (χ2v) is 5.84. The normalized spacial score (nSPS) is 20.7. The molecule has 1 aromatic rings. The van der Waals surface area contributed by atoms with Gasteiger partial charge in [-0.25, -0.2) is 11.4 Å². The molecule has 2 atom stereocenters. The van der Waals surface area contributed by atoms with Crippen molar-refractivity contribution in [1.29, 1.82) is 0 Å². The Balaban J connectivity index is 2.71. The summed E-state index contributed by atoms with van der Waals surface area (Å²) >= 11 is 3.45. The van der Waals surface area contributed by atoms with E-state index in [0.717, 1.165) is 10.0 Å². The predicted molar refractivity (Wildman–Crippen MR) is 89.1 cm³/mol. The van der Waals surface area contributed by atoms with Crippen LogP contribution < -0.4 is 0 Å². The summed E-state index contributed by atoms with van der Waals surface area (Å²) in [6.07, 6.45) is 3.27. The van der Waals surface area contributed by atoms with Crippen molar-refractivity contribution in [3.05, 3.63) is 51.2 Å². The van der Waals surface area contributed by atoms with E-state index in [1.165, 1.54) is 14.2 Å². The minimum absolute atomic E-state index is 0.172. The number of ether oxygens (including phenoxy) is 2. The molecular weight excluding hydrogens is 362 g/mol. The molecule has 2 rings (SSSR count). The van der Waals surface area contributed by atoms with Gasteiger partial charge in [-0.05, 0) is 34.5 Å². The lowest BCUT2D eigenvalue weighted by Gasteiger charge is -2.27. The number of rotatable bonds is 4. The third kappa shape index (κ3) is 3.33.